The molecule has 1 nitrogen and oxygen atoms in total. The first-order chi connectivity index (χ1) is 11.8. The molecule has 3 rings (SSSR count). The topological polar surface area (TPSA) is 12.0 Å². The number of hydrogen-bond acceptors (Lipinski definition) is 2. The SMILES string of the molecule is Cc1ccc(Sc2ccc(C(F)(F)F)cc2C2=CCNCC2)c(C)c1. The van der Waals surface area contributed by atoms with Gasteiger partial charge in [-0.1, -0.05) is 35.5 Å². The molecule has 1 N–H and O–H groups in total. The van der Waals surface area contributed by atoms with Gasteiger partial charge < -0.3 is 5.32 Å². The van der Waals surface area contributed by atoms with Crippen LogP contribution in [-0.2, 0) is 6.18 Å². The van der Waals surface area contributed by atoms with E-state index in [0.717, 1.165) is 33.9 Å². The maximum atomic E-state index is 13.2. The molecule has 0 fully saturated rings. The molecule has 2 aromatic carbocycles. The van der Waals surface area contributed by atoms with E-state index < -0.39 is 11.7 Å². The lowest BCUT2D eigenvalue weighted by Gasteiger charge is -2.19. The molecule has 5 heteroatoms. The summed E-state index contributed by atoms with van der Waals surface area (Å²) in [6, 6.07) is 10.2. The van der Waals surface area contributed by atoms with Gasteiger partial charge in [0.15, 0.2) is 0 Å². The third-order valence-electron chi connectivity index (χ3n) is 4.27. The number of rotatable bonds is 3. The standard InChI is InChI=1S/C20H20F3NS/c1-13-3-5-18(14(2)11-13)25-19-6-4-16(20(21,22)23)12-17(19)15-7-9-24-10-8-15/h3-7,11-12,24H,8-10H2,1-2H3. The van der Waals surface area contributed by atoms with E-state index in [1.165, 1.54) is 29.5 Å². The van der Waals surface area contributed by atoms with Crippen molar-refractivity contribution in [1.82, 2.24) is 5.32 Å². The van der Waals surface area contributed by atoms with Gasteiger partial charge >= 0.3 is 6.18 Å². The average Bonchev–Trinajstić information content (AvgIpc) is 2.57. The Hall–Kier alpha value is -1.72. The smallest absolute Gasteiger partial charge is 0.313 e. The fourth-order valence-corrected chi connectivity index (χ4v) is 3.97. The van der Waals surface area contributed by atoms with Crippen molar-refractivity contribution >= 4 is 17.3 Å². The normalized spacial score (nSPS) is 15.2. The van der Waals surface area contributed by atoms with Gasteiger partial charge in [-0.25, -0.2) is 0 Å². The van der Waals surface area contributed by atoms with Crippen molar-refractivity contribution in [3.05, 3.63) is 64.7 Å². The molecule has 0 spiro atoms. The Kier molecular flexibility index (Phi) is 5.25. The fourth-order valence-electron chi connectivity index (χ4n) is 2.95. The molecule has 0 amide bonds. The summed E-state index contributed by atoms with van der Waals surface area (Å²) >= 11 is 1.53. The Bertz CT molecular complexity index is 809. The van der Waals surface area contributed by atoms with E-state index in [4.69, 9.17) is 0 Å². The molecule has 1 aliphatic rings. The molecular formula is C20H20F3NS. The van der Waals surface area contributed by atoms with Crippen LogP contribution in [0.2, 0.25) is 0 Å². The van der Waals surface area contributed by atoms with Gasteiger partial charge in [0, 0.05) is 16.3 Å². The second-order valence-corrected chi connectivity index (χ2v) is 7.35. The van der Waals surface area contributed by atoms with Gasteiger partial charge in [-0.05, 0) is 67.8 Å². The van der Waals surface area contributed by atoms with Crippen molar-refractivity contribution < 1.29 is 13.2 Å². The summed E-state index contributed by atoms with van der Waals surface area (Å²) in [4.78, 5) is 1.94. The van der Waals surface area contributed by atoms with Gasteiger partial charge in [-0.2, -0.15) is 13.2 Å². The molecule has 1 aliphatic heterocycles. The number of benzene rings is 2. The summed E-state index contributed by atoms with van der Waals surface area (Å²) in [6.07, 6.45) is -1.60. The minimum atomic E-state index is -4.33. The van der Waals surface area contributed by atoms with E-state index in [-0.39, 0.29) is 0 Å². The zero-order valence-electron chi connectivity index (χ0n) is 14.2. The van der Waals surface area contributed by atoms with Crippen LogP contribution in [-0.4, -0.2) is 13.1 Å². The first kappa shape index (κ1) is 18.1. The average molecular weight is 363 g/mol. The van der Waals surface area contributed by atoms with E-state index in [0.29, 0.717) is 12.1 Å². The lowest BCUT2D eigenvalue weighted by molar-refractivity contribution is -0.137. The van der Waals surface area contributed by atoms with Crippen LogP contribution in [0.15, 0.2) is 52.3 Å². The predicted octanol–water partition coefficient (Wildman–Crippen LogP) is 5.85. The van der Waals surface area contributed by atoms with Crippen molar-refractivity contribution in [2.45, 2.75) is 36.2 Å². The van der Waals surface area contributed by atoms with Gasteiger partial charge in [0.1, 0.15) is 0 Å². The molecule has 1 heterocycles. The minimum Gasteiger partial charge on any atom is -0.313 e. The number of nitrogens with one attached hydrogen (secondary N) is 1. The molecular weight excluding hydrogens is 343 g/mol. The lowest BCUT2D eigenvalue weighted by Crippen LogP contribution is -2.20. The lowest BCUT2D eigenvalue weighted by atomic mass is 9.98. The Morgan fingerprint density at radius 1 is 1.00 bits per heavy atom. The highest BCUT2D eigenvalue weighted by Crippen LogP contribution is 2.40. The van der Waals surface area contributed by atoms with Crippen LogP contribution in [0.3, 0.4) is 0 Å². The van der Waals surface area contributed by atoms with Crippen LogP contribution in [0, 0.1) is 13.8 Å². The summed E-state index contributed by atoms with van der Waals surface area (Å²) in [5.41, 5.74) is 3.40. The molecule has 0 atom stereocenters. The van der Waals surface area contributed by atoms with Gasteiger partial charge in [0.2, 0.25) is 0 Å². The molecule has 0 bridgehead atoms. The molecule has 2 aromatic rings. The van der Waals surface area contributed by atoms with Crippen LogP contribution in [0.4, 0.5) is 13.2 Å². The first-order valence-electron chi connectivity index (χ1n) is 8.21. The summed E-state index contributed by atoms with van der Waals surface area (Å²) in [7, 11) is 0. The van der Waals surface area contributed by atoms with Crippen molar-refractivity contribution in [2.24, 2.45) is 0 Å². The first-order valence-corrected chi connectivity index (χ1v) is 9.03. The summed E-state index contributed by atoms with van der Waals surface area (Å²) in [5, 5.41) is 3.21. The third kappa shape index (κ3) is 4.28. The van der Waals surface area contributed by atoms with Crippen LogP contribution in [0.1, 0.15) is 28.7 Å². The highest BCUT2D eigenvalue weighted by atomic mass is 32.2. The van der Waals surface area contributed by atoms with E-state index in [2.05, 4.69) is 11.4 Å². The second kappa shape index (κ2) is 7.26. The van der Waals surface area contributed by atoms with Gasteiger partial charge in [0.25, 0.3) is 0 Å². The summed E-state index contributed by atoms with van der Waals surface area (Å²) < 4.78 is 39.5. The molecule has 0 saturated carbocycles. The third-order valence-corrected chi connectivity index (χ3v) is 5.52. The quantitative estimate of drug-likeness (QED) is 0.734. The highest BCUT2D eigenvalue weighted by molar-refractivity contribution is 7.99. The maximum absolute atomic E-state index is 13.2. The highest BCUT2D eigenvalue weighted by Gasteiger charge is 2.31. The molecule has 0 saturated heterocycles. The van der Waals surface area contributed by atoms with E-state index in [1.807, 2.05) is 32.1 Å². The Morgan fingerprint density at radius 3 is 2.40 bits per heavy atom. The monoisotopic (exact) mass is 363 g/mol. The minimum absolute atomic E-state index is 0.591. The number of alkyl halides is 3. The fraction of sp³-hybridized carbons (Fsp3) is 0.300. The summed E-state index contributed by atoms with van der Waals surface area (Å²) in [5.74, 6) is 0. The Morgan fingerprint density at radius 2 is 1.76 bits per heavy atom. The van der Waals surface area contributed by atoms with Gasteiger partial charge in [0.05, 0.1) is 5.56 Å². The molecule has 0 radical (unpaired) electrons. The number of halogens is 3. The van der Waals surface area contributed by atoms with Crippen LogP contribution in [0.25, 0.3) is 5.57 Å². The second-order valence-electron chi connectivity index (χ2n) is 6.26. The van der Waals surface area contributed by atoms with E-state index in [9.17, 15) is 13.2 Å². The zero-order chi connectivity index (χ0) is 18.0. The molecule has 0 unspecified atom stereocenters. The number of hydrogen-bond donors (Lipinski definition) is 1. The molecule has 0 aromatic heterocycles. The van der Waals surface area contributed by atoms with Crippen molar-refractivity contribution in [2.75, 3.05) is 13.1 Å². The predicted molar refractivity (Wildman–Crippen MR) is 96.9 cm³/mol. The maximum Gasteiger partial charge on any atom is 0.416 e. The van der Waals surface area contributed by atoms with Gasteiger partial charge in [-0.15, -0.1) is 0 Å². The van der Waals surface area contributed by atoms with Gasteiger partial charge in [-0.3, -0.25) is 0 Å². The van der Waals surface area contributed by atoms with Crippen molar-refractivity contribution in [3.63, 3.8) is 0 Å². The van der Waals surface area contributed by atoms with Crippen molar-refractivity contribution in [3.8, 4) is 0 Å². The Labute approximate surface area is 150 Å². The largest absolute Gasteiger partial charge is 0.416 e. The molecule has 132 valence electrons. The Balaban J connectivity index is 2.04. The van der Waals surface area contributed by atoms with Crippen molar-refractivity contribution in [1.29, 1.82) is 0 Å². The van der Waals surface area contributed by atoms with E-state index >= 15 is 0 Å². The number of aryl methyl sites for hydroxylation is 2. The molecule has 25 heavy (non-hydrogen) atoms. The zero-order valence-corrected chi connectivity index (χ0v) is 15.0. The summed E-state index contributed by atoms with van der Waals surface area (Å²) in [6.45, 7) is 5.54. The van der Waals surface area contributed by atoms with Crippen LogP contribution >= 0.6 is 11.8 Å². The molecule has 0 aliphatic carbocycles. The van der Waals surface area contributed by atoms with E-state index in [1.54, 1.807) is 6.07 Å². The van der Waals surface area contributed by atoms with Crippen LogP contribution in [0.5, 0.6) is 0 Å². The van der Waals surface area contributed by atoms with Crippen LogP contribution < -0.4 is 5.32 Å².